The first kappa shape index (κ1) is 13.6. The third-order valence-electron chi connectivity index (χ3n) is 5.03. The predicted molar refractivity (Wildman–Crippen MR) is 85.2 cm³/mol. The first-order valence-electron chi connectivity index (χ1n) is 7.79. The van der Waals surface area contributed by atoms with Crippen LogP contribution in [0.15, 0.2) is 24.3 Å². The third-order valence-corrected chi connectivity index (χ3v) is 5.03. The fourth-order valence-electron chi connectivity index (χ4n) is 3.98. The molecule has 0 radical (unpaired) electrons. The average molecular weight is 299 g/mol. The highest BCUT2D eigenvalue weighted by atomic mass is 16.5. The van der Waals surface area contributed by atoms with Crippen LogP contribution in [-0.4, -0.2) is 61.0 Å². The van der Waals surface area contributed by atoms with Gasteiger partial charge in [0, 0.05) is 37.1 Å². The van der Waals surface area contributed by atoms with Crippen LogP contribution in [0.3, 0.4) is 0 Å². The molecular weight excluding hydrogens is 278 g/mol. The summed E-state index contributed by atoms with van der Waals surface area (Å²) < 4.78 is 5.37. The van der Waals surface area contributed by atoms with Crippen LogP contribution >= 0.6 is 0 Å². The standard InChI is InChI=1S/C17H21N3O2/c1-19-7-11-9-20(10-12(11)8-19)17(21)15-6-13-14(18-15)4-3-5-16(13)22-2/h3-6,11-12,18H,7-10H2,1-2H3/t11-,12+. The Kier molecular flexibility index (Phi) is 3.11. The number of aromatic amines is 1. The molecule has 0 bridgehead atoms. The number of ether oxygens (including phenoxy) is 1. The first-order valence-corrected chi connectivity index (χ1v) is 7.79. The Bertz CT molecular complexity index is 710. The number of rotatable bonds is 2. The number of H-pyrrole nitrogens is 1. The number of fused-ring (bicyclic) bond motifs is 2. The topological polar surface area (TPSA) is 48.6 Å². The largest absolute Gasteiger partial charge is 0.496 e. The van der Waals surface area contributed by atoms with Gasteiger partial charge in [0.2, 0.25) is 0 Å². The summed E-state index contributed by atoms with van der Waals surface area (Å²) in [6.07, 6.45) is 0. The van der Waals surface area contributed by atoms with Crippen molar-refractivity contribution in [3.05, 3.63) is 30.0 Å². The maximum Gasteiger partial charge on any atom is 0.270 e. The lowest BCUT2D eigenvalue weighted by Crippen LogP contribution is -2.32. The Morgan fingerprint density at radius 2 is 1.95 bits per heavy atom. The van der Waals surface area contributed by atoms with Gasteiger partial charge in [-0.3, -0.25) is 4.79 Å². The van der Waals surface area contributed by atoms with E-state index < -0.39 is 0 Å². The number of carbonyl (C=O) groups is 1. The molecule has 3 heterocycles. The molecule has 2 atom stereocenters. The van der Waals surface area contributed by atoms with Crippen molar-refractivity contribution in [2.75, 3.05) is 40.3 Å². The zero-order valence-electron chi connectivity index (χ0n) is 13.0. The highest BCUT2D eigenvalue weighted by Gasteiger charge is 2.40. The molecule has 5 nitrogen and oxygen atoms in total. The fourth-order valence-corrected chi connectivity index (χ4v) is 3.98. The number of carbonyl (C=O) groups excluding carboxylic acids is 1. The van der Waals surface area contributed by atoms with E-state index in [4.69, 9.17) is 4.74 Å². The van der Waals surface area contributed by atoms with Crippen molar-refractivity contribution in [3.8, 4) is 5.75 Å². The minimum Gasteiger partial charge on any atom is -0.496 e. The molecule has 22 heavy (non-hydrogen) atoms. The number of benzene rings is 1. The summed E-state index contributed by atoms with van der Waals surface area (Å²) in [5.41, 5.74) is 1.61. The molecule has 0 saturated carbocycles. The van der Waals surface area contributed by atoms with E-state index in [1.807, 2.05) is 29.2 Å². The molecule has 0 aliphatic carbocycles. The van der Waals surface area contributed by atoms with Gasteiger partial charge < -0.3 is 19.5 Å². The third kappa shape index (κ3) is 2.08. The van der Waals surface area contributed by atoms with E-state index >= 15 is 0 Å². The van der Waals surface area contributed by atoms with Crippen LogP contribution in [0.5, 0.6) is 5.75 Å². The van der Waals surface area contributed by atoms with Crippen molar-refractivity contribution in [1.29, 1.82) is 0 Å². The van der Waals surface area contributed by atoms with Crippen molar-refractivity contribution in [1.82, 2.24) is 14.8 Å². The molecule has 1 aromatic heterocycles. The monoisotopic (exact) mass is 299 g/mol. The Balaban J connectivity index is 1.59. The van der Waals surface area contributed by atoms with Crippen LogP contribution in [0.25, 0.3) is 10.9 Å². The number of likely N-dealkylation sites (tertiary alicyclic amines) is 2. The molecule has 1 N–H and O–H groups in total. The Morgan fingerprint density at radius 1 is 1.23 bits per heavy atom. The lowest BCUT2D eigenvalue weighted by Gasteiger charge is -2.18. The molecule has 2 aliphatic rings. The zero-order chi connectivity index (χ0) is 15.3. The van der Waals surface area contributed by atoms with Crippen molar-refractivity contribution < 1.29 is 9.53 Å². The number of amides is 1. The lowest BCUT2D eigenvalue weighted by atomic mass is 10.0. The molecule has 2 saturated heterocycles. The number of nitrogens with one attached hydrogen (secondary N) is 1. The second-order valence-corrected chi connectivity index (χ2v) is 6.56. The van der Waals surface area contributed by atoms with Crippen LogP contribution in [-0.2, 0) is 0 Å². The molecule has 2 aliphatic heterocycles. The van der Waals surface area contributed by atoms with Gasteiger partial charge in [0.1, 0.15) is 11.4 Å². The number of methoxy groups -OCH3 is 1. The summed E-state index contributed by atoms with van der Waals surface area (Å²) in [7, 11) is 3.82. The van der Waals surface area contributed by atoms with Gasteiger partial charge in [-0.05, 0) is 37.1 Å². The number of hydrogen-bond acceptors (Lipinski definition) is 3. The fraction of sp³-hybridized carbons (Fsp3) is 0.471. The summed E-state index contributed by atoms with van der Waals surface area (Å²) in [6, 6.07) is 7.74. The van der Waals surface area contributed by atoms with Gasteiger partial charge in [-0.15, -0.1) is 0 Å². The maximum absolute atomic E-state index is 12.8. The van der Waals surface area contributed by atoms with Crippen LogP contribution in [0.1, 0.15) is 10.5 Å². The van der Waals surface area contributed by atoms with Crippen LogP contribution < -0.4 is 4.74 Å². The van der Waals surface area contributed by atoms with Crippen LogP contribution in [0.4, 0.5) is 0 Å². The number of nitrogens with zero attached hydrogens (tertiary/aromatic N) is 2. The summed E-state index contributed by atoms with van der Waals surface area (Å²) in [5.74, 6) is 2.17. The SMILES string of the molecule is COc1cccc2[nH]c(C(=O)N3C[C@H]4CN(C)C[C@H]4C3)cc12. The van der Waals surface area contributed by atoms with Gasteiger partial charge in [-0.1, -0.05) is 6.07 Å². The van der Waals surface area contributed by atoms with Crippen molar-refractivity contribution >= 4 is 16.8 Å². The van der Waals surface area contributed by atoms with Crippen molar-refractivity contribution in [2.24, 2.45) is 11.8 Å². The molecule has 1 aromatic carbocycles. The zero-order valence-corrected chi connectivity index (χ0v) is 13.0. The smallest absolute Gasteiger partial charge is 0.270 e. The summed E-state index contributed by atoms with van der Waals surface area (Å²) in [6.45, 7) is 3.96. The Labute approximate surface area is 129 Å². The Hall–Kier alpha value is -2.01. The molecule has 0 unspecified atom stereocenters. The second-order valence-electron chi connectivity index (χ2n) is 6.56. The van der Waals surface area contributed by atoms with Crippen molar-refractivity contribution in [3.63, 3.8) is 0 Å². The van der Waals surface area contributed by atoms with Gasteiger partial charge in [0.05, 0.1) is 7.11 Å². The van der Waals surface area contributed by atoms with Gasteiger partial charge in [0.25, 0.3) is 5.91 Å². The predicted octanol–water partition coefficient (Wildman–Crippen LogP) is 1.81. The van der Waals surface area contributed by atoms with E-state index in [1.54, 1.807) is 7.11 Å². The van der Waals surface area contributed by atoms with Crippen LogP contribution in [0.2, 0.25) is 0 Å². The molecule has 2 fully saturated rings. The number of hydrogen-bond donors (Lipinski definition) is 1. The molecule has 5 heteroatoms. The maximum atomic E-state index is 12.8. The quantitative estimate of drug-likeness (QED) is 0.920. The van der Waals surface area contributed by atoms with E-state index in [2.05, 4.69) is 16.9 Å². The first-order chi connectivity index (χ1) is 10.7. The molecule has 4 rings (SSSR count). The van der Waals surface area contributed by atoms with Gasteiger partial charge in [-0.2, -0.15) is 0 Å². The van der Waals surface area contributed by atoms with E-state index in [-0.39, 0.29) is 5.91 Å². The van der Waals surface area contributed by atoms with E-state index in [9.17, 15) is 4.79 Å². The van der Waals surface area contributed by atoms with E-state index in [0.717, 1.165) is 42.8 Å². The van der Waals surface area contributed by atoms with Gasteiger partial charge in [0.15, 0.2) is 0 Å². The minimum absolute atomic E-state index is 0.107. The number of aromatic nitrogens is 1. The van der Waals surface area contributed by atoms with Gasteiger partial charge >= 0.3 is 0 Å². The summed E-state index contributed by atoms with van der Waals surface area (Å²) in [4.78, 5) is 20.4. The highest BCUT2D eigenvalue weighted by Crippen LogP contribution is 2.32. The summed E-state index contributed by atoms with van der Waals surface area (Å²) >= 11 is 0. The van der Waals surface area contributed by atoms with Gasteiger partial charge in [-0.25, -0.2) is 0 Å². The minimum atomic E-state index is 0.107. The lowest BCUT2D eigenvalue weighted by molar-refractivity contribution is 0.0771. The normalized spacial score (nSPS) is 24.9. The highest BCUT2D eigenvalue weighted by molar-refractivity contribution is 5.99. The van der Waals surface area contributed by atoms with Crippen molar-refractivity contribution in [2.45, 2.75) is 0 Å². The molecule has 0 spiro atoms. The van der Waals surface area contributed by atoms with E-state index in [0.29, 0.717) is 17.5 Å². The molecular formula is C17H21N3O2. The van der Waals surface area contributed by atoms with E-state index in [1.165, 1.54) is 0 Å². The summed E-state index contributed by atoms with van der Waals surface area (Å²) in [5, 5.41) is 0.965. The molecule has 116 valence electrons. The second kappa shape index (κ2) is 5.02. The average Bonchev–Trinajstić information content (AvgIpc) is 3.17. The molecule has 1 amide bonds. The molecule has 2 aromatic rings. The van der Waals surface area contributed by atoms with Crippen LogP contribution in [0, 0.1) is 11.8 Å². The Morgan fingerprint density at radius 3 is 2.64 bits per heavy atom.